The molecule has 5 heteroatoms. The Balaban J connectivity index is 2.84. The molecule has 84 valence electrons. The molecule has 0 aliphatic rings. The summed E-state index contributed by atoms with van der Waals surface area (Å²) in [5.41, 5.74) is 3.72. The van der Waals surface area contributed by atoms with Crippen molar-refractivity contribution in [2.75, 3.05) is 10.8 Å². The van der Waals surface area contributed by atoms with E-state index < -0.39 is 12.2 Å². The second kappa shape index (κ2) is 6.07. The Morgan fingerprint density at radius 2 is 2.00 bits per heavy atom. The maximum Gasteiger partial charge on any atom is 0.107 e. The van der Waals surface area contributed by atoms with Crippen molar-refractivity contribution in [1.29, 1.82) is 0 Å². The molecular weight excluding hydrogens is 260 g/mol. The van der Waals surface area contributed by atoms with Gasteiger partial charge in [-0.25, -0.2) is 0 Å². The van der Waals surface area contributed by atoms with Gasteiger partial charge in [-0.05, 0) is 12.5 Å². The van der Waals surface area contributed by atoms with Gasteiger partial charge >= 0.3 is 0 Å². The van der Waals surface area contributed by atoms with Crippen molar-refractivity contribution in [3.05, 3.63) is 29.8 Å². The number of hydrogen-bond donors (Lipinski definition) is 4. The molecule has 0 saturated carbocycles. The highest BCUT2D eigenvalue weighted by atomic mass is 79.9. The molecule has 0 aliphatic heterocycles. The van der Waals surface area contributed by atoms with Crippen LogP contribution in [0.25, 0.3) is 0 Å². The minimum absolute atomic E-state index is 0.486. The maximum atomic E-state index is 9.87. The number of nitrogens with one attached hydrogen (secondary N) is 1. The number of aliphatic hydroxyl groups excluding tert-OH is 2. The third-order valence-corrected chi connectivity index (χ3v) is 2.66. The van der Waals surface area contributed by atoms with E-state index in [9.17, 15) is 10.2 Å². The van der Waals surface area contributed by atoms with Crippen molar-refractivity contribution in [2.45, 2.75) is 18.6 Å². The van der Waals surface area contributed by atoms with Gasteiger partial charge in [0.05, 0.1) is 11.8 Å². The van der Waals surface area contributed by atoms with Crippen LogP contribution in [-0.2, 0) is 0 Å². The van der Waals surface area contributed by atoms with Crippen LogP contribution in [0.15, 0.2) is 24.3 Å². The molecule has 4 nitrogen and oxygen atoms in total. The van der Waals surface area contributed by atoms with Crippen LogP contribution in [0, 0.1) is 0 Å². The first-order valence-electron chi connectivity index (χ1n) is 4.68. The van der Waals surface area contributed by atoms with Crippen molar-refractivity contribution in [3.8, 4) is 0 Å². The Morgan fingerprint density at radius 1 is 1.33 bits per heavy atom. The Hall–Kier alpha value is -0.620. The molecule has 0 aromatic heterocycles. The minimum Gasteiger partial charge on any atom is -0.390 e. The van der Waals surface area contributed by atoms with Gasteiger partial charge in [0.25, 0.3) is 0 Å². The van der Waals surface area contributed by atoms with Crippen LogP contribution in [-0.4, -0.2) is 21.6 Å². The lowest BCUT2D eigenvalue weighted by molar-refractivity contribution is 0.0177. The number of halogens is 1. The Labute approximate surface area is 97.2 Å². The summed E-state index contributed by atoms with van der Waals surface area (Å²) in [5.74, 6) is 5.31. The highest BCUT2D eigenvalue weighted by Gasteiger charge is 2.19. The standard InChI is InChI=1S/C10H15BrN2O2/c11-6-5-9(14)10(15)7-3-1-2-4-8(7)13-12/h1-4,9-10,13-15H,5-6,12H2. The average Bonchev–Trinajstić information content (AvgIpc) is 2.28. The molecule has 2 atom stereocenters. The van der Waals surface area contributed by atoms with Crippen LogP contribution >= 0.6 is 15.9 Å². The molecule has 0 bridgehead atoms. The summed E-state index contributed by atoms with van der Waals surface area (Å²) in [6, 6.07) is 7.08. The first-order valence-corrected chi connectivity index (χ1v) is 5.80. The second-order valence-electron chi connectivity index (χ2n) is 3.22. The first-order chi connectivity index (χ1) is 7.20. The number of rotatable bonds is 5. The Morgan fingerprint density at radius 3 is 2.60 bits per heavy atom. The number of anilines is 1. The zero-order valence-electron chi connectivity index (χ0n) is 8.23. The normalized spacial score (nSPS) is 14.7. The van der Waals surface area contributed by atoms with Gasteiger partial charge in [-0.2, -0.15) is 0 Å². The SMILES string of the molecule is NNc1ccccc1C(O)C(O)CCBr. The number of nitrogens with two attached hydrogens (primary N) is 1. The molecule has 15 heavy (non-hydrogen) atoms. The van der Waals surface area contributed by atoms with E-state index in [1.54, 1.807) is 18.2 Å². The van der Waals surface area contributed by atoms with Gasteiger partial charge in [-0.1, -0.05) is 34.1 Å². The Bertz CT molecular complexity index is 309. The summed E-state index contributed by atoms with van der Waals surface area (Å²) in [5, 5.41) is 20.2. The maximum absolute atomic E-state index is 9.87. The van der Waals surface area contributed by atoms with Gasteiger partial charge < -0.3 is 15.6 Å². The smallest absolute Gasteiger partial charge is 0.107 e. The molecule has 2 unspecified atom stereocenters. The first kappa shape index (κ1) is 12.4. The lowest BCUT2D eigenvalue weighted by Gasteiger charge is -2.19. The van der Waals surface area contributed by atoms with Crippen molar-refractivity contribution in [3.63, 3.8) is 0 Å². The molecule has 0 fully saturated rings. The minimum atomic E-state index is -0.921. The molecule has 0 radical (unpaired) electrons. The van der Waals surface area contributed by atoms with Crippen LogP contribution in [0.1, 0.15) is 18.1 Å². The molecule has 0 heterocycles. The van der Waals surface area contributed by atoms with Gasteiger partial charge in [-0.15, -0.1) is 0 Å². The van der Waals surface area contributed by atoms with E-state index in [1.165, 1.54) is 0 Å². The van der Waals surface area contributed by atoms with Crippen molar-refractivity contribution in [1.82, 2.24) is 0 Å². The average molecular weight is 275 g/mol. The van der Waals surface area contributed by atoms with E-state index >= 15 is 0 Å². The fraction of sp³-hybridized carbons (Fsp3) is 0.400. The summed E-state index contributed by atoms with van der Waals surface area (Å²) >= 11 is 3.21. The van der Waals surface area contributed by atoms with Crippen LogP contribution in [0.3, 0.4) is 0 Å². The predicted molar refractivity (Wildman–Crippen MR) is 63.6 cm³/mol. The number of aliphatic hydroxyl groups is 2. The molecule has 1 aromatic carbocycles. The number of hydrazine groups is 1. The quantitative estimate of drug-likeness (QED) is 0.369. The number of nitrogen functional groups attached to an aromatic ring is 1. The van der Waals surface area contributed by atoms with Gasteiger partial charge in [0.2, 0.25) is 0 Å². The zero-order chi connectivity index (χ0) is 11.3. The summed E-state index contributed by atoms with van der Waals surface area (Å²) in [4.78, 5) is 0. The van der Waals surface area contributed by atoms with Gasteiger partial charge in [0, 0.05) is 10.9 Å². The van der Waals surface area contributed by atoms with Crippen molar-refractivity contribution >= 4 is 21.6 Å². The fourth-order valence-corrected chi connectivity index (χ4v) is 1.83. The molecule has 1 aromatic rings. The van der Waals surface area contributed by atoms with E-state index in [0.717, 1.165) is 0 Å². The highest BCUT2D eigenvalue weighted by molar-refractivity contribution is 9.09. The summed E-state index contributed by atoms with van der Waals surface area (Å²) in [7, 11) is 0. The highest BCUT2D eigenvalue weighted by Crippen LogP contribution is 2.25. The monoisotopic (exact) mass is 274 g/mol. The molecular formula is C10H15BrN2O2. The van der Waals surface area contributed by atoms with E-state index in [-0.39, 0.29) is 0 Å². The van der Waals surface area contributed by atoms with E-state index in [1.807, 2.05) is 6.07 Å². The summed E-state index contributed by atoms with van der Waals surface area (Å²) in [6.45, 7) is 0. The number of hydrogen-bond acceptors (Lipinski definition) is 4. The topological polar surface area (TPSA) is 78.5 Å². The van der Waals surface area contributed by atoms with E-state index in [0.29, 0.717) is 23.0 Å². The molecule has 0 aliphatic carbocycles. The lowest BCUT2D eigenvalue weighted by Crippen LogP contribution is -2.21. The third-order valence-electron chi connectivity index (χ3n) is 2.20. The number of alkyl halides is 1. The van der Waals surface area contributed by atoms with Gasteiger partial charge in [0.1, 0.15) is 6.10 Å². The largest absolute Gasteiger partial charge is 0.390 e. The van der Waals surface area contributed by atoms with Crippen LogP contribution in [0.5, 0.6) is 0 Å². The summed E-state index contributed by atoms with van der Waals surface area (Å²) in [6.07, 6.45) is -1.23. The van der Waals surface area contributed by atoms with E-state index in [2.05, 4.69) is 21.4 Å². The predicted octanol–water partition coefficient (Wildman–Crippen LogP) is 1.15. The molecule has 0 saturated heterocycles. The Kier molecular flexibility index (Phi) is 5.04. The summed E-state index contributed by atoms with van der Waals surface area (Å²) < 4.78 is 0. The number of benzene rings is 1. The van der Waals surface area contributed by atoms with Gasteiger partial charge in [-0.3, -0.25) is 5.84 Å². The lowest BCUT2D eigenvalue weighted by atomic mass is 10.0. The van der Waals surface area contributed by atoms with E-state index in [4.69, 9.17) is 5.84 Å². The van der Waals surface area contributed by atoms with Gasteiger partial charge in [0.15, 0.2) is 0 Å². The molecule has 0 amide bonds. The molecule has 0 spiro atoms. The van der Waals surface area contributed by atoms with Crippen LogP contribution in [0.2, 0.25) is 0 Å². The van der Waals surface area contributed by atoms with Crippen LogP contribution < -0.4 is 11.3 Å². The molecule has 1 rings (SSSR count). The fourth-order valence-electron chi connectivity index (χ4n) is 1.36. The zero-order valence-corrected chi connectivity index (χ0v) is 9.81. The molecule has 5 N–H and O–H groups in total. The second-order valence-corrected chi connectivity index (χ2v) is 4.01. The van der Waals surface area contributed by atoms with Crippen molar-refractivity contribution < 1.29 is 10.2 Å². The number of para-hydroxylation sites is 1. The van der Waals surface area contributed by atoms with Crippen molar-refractivity contribution in [2.24, 2.45) is 5.84 Å². The third kappa shape index (κ3) is 3.17. The van der Waals surface area contributed by atoms with Crippen LogP contribution in [0.4, 0.5) is 5.69 Å².